The SMILES string of the molecule is CCNCc1coc(CN2CCC[C@H]3CCCC[C@H]32)c1. The van der Waals surface area contributed by atoms with Crippen LogP contribution in [0.5, 0.6) is 0 Å². The smallest absolute Gasteiger partial charge is 0.118 e. The van der Waals surface area contributed by atoms with E-state index in [1.807, 2.05) is 6.26 Å². The van der Waals surface area contributed by atoms with Crippen LogP contribution in [0.2, 0.25) is 0 Å². The van der Waals surface area contributed by atoms with E-state index in [4.69, 9.17) is 4.42 Å². The molecule has 20 heavy (non-hydrogen) atoms. The molecule has 2 heterocycles. The lowest BCUT2D eigenvalue weighted by Gasteiger charge is -2.43. The van der Waals surface area contributed by atoms with E-state index in [0.29, 0.717) is 0 Å². The normalized spacial score (nSPS) is 27.4. The molecule has 1 aromatic rings. The molecule has 0 bridgehead atoms. The molecule has 1 aliphatic heterocycles. The number of nitrogens with one attached hydrogen (secondary N) is 1. The molecule has 1 saturated carbocycles. The van der Waals surface area contributed by atoms with Crippen molar-refractivity contribution in [1.82, 2.24) is 10.2 Å². The van der Waals surface area contributed by atoms with E-state index in [9.17, 15) is 0 Å². The Hall–Kier alpha value is -0.800. The van der Waals surface area contributed by atoms with Gasteiger partial charge in [-0.1, -0.05) is 19.8 Å². The van der Waals surface area contributed by atoms with Crippen molar-refractivity contribution in [2.75, 3.05) is 13.1 Å². The van der Waals surface area contributed by atoms with Gasteiger partial charge in [-0.15, -0.1) is 0 Å². The first kappa shape index (κ1) is 14.2. The summed E-state index contributed by atoms with van der Waals surface area (Å²) in [5.74, 6) is 2.10. The van der Waals surface area contributed by atoms with Crippen LogP contribution in [0.15, 0.2) is 16.7 Å². The minimum Gasteiger partial charge on any atom is -0.468 e. The van der Waals surface area contributed by atoms with Gasteiger partial charge in [0.25, 0.3) is 0 Å². The molecule has 0 spiro atoms. The van der Waals surface area contributed by atoms with Crippen LogP contribution >= 0.6 is 0 Å². The van der Waals surface area contributed by atoms with Gasteiger partial charge in [-0.25, -0.2) is 0 Å². The lowest BCUT2D eigenvalue weighted by molar-refractivity contribution is 0.0495. The molecule has 3 rings (SSSR count). The van der Waals surface area contributed by atoms with Crippen LogP contribution in [0, 0.1) is 5.92 Å². The van der Waals surface area contributed by atoms with E-state index < -0.39 is 0 Å². The Kier molecular flexibility index (Phi) is 4.79. The summed E-state index contributed by atoms with van der Waals surface area (Å²) in [6.07, 6.45) is 10.4. The molecular weight excluding hydrogens is 248 g/mol. The van der Waals surface area contributed by atoms with Crippen LogP contribution in [0.3, 0.4) is 0 Å². The summed E-state index contributed by atoms with van der Waals surface area (Å²) in [5, 5.41) is 3.35. The highest BCUT2D eigenvalue weighted by atomic mass is 16.3. The second kappa shape index (κ2) is 6.77. The van der Waals surface area contributed by atoms with E-state index in [2.05, 4.69) is 23.2 Å². The highest BCUT2D eigenvalue weighted by molar-refractivity contribution is 5.13. The van der Waals surface area contributed by atoms with Crippen LogP contribution in [0.4, 0.5) is 0 Å². The van der Waals surface area contributed by atoms with E-state index in [-0.39, 0.29) is 0 Å². The molecule has 3 nitrogen and oxygen atoms in total. The number of fused-ring (bicyclic) bond motifs is 1. The van der Waals surface area contributed by atoms with Crippen molar-refractivity contribution in [1.29, 1.82) is 0 Å². The Morgan fingerprint density at radius 3 is 3.00 bits per heavy atom. The monoisotopic (exact) mass is 276 g/mol. The van der Waals surface area contributed by atoms with Gasteiger partial charge in [0, 0.05) is 18.2 Å². The van der Waals surface area contributed by atoms with Gasteiger partial charge in [0.15, 0.2) is 0 Å². The third-order valence-electron chi connectivity index (χ3n) is 5.00. The van der Waals surface area contributed by atoms with Crippen molar-refractivity contribution in [3.05, 3.63) is 23.7 Å². The number of nitrogens with zero attached hydrogens (tertiary/aromatic N) is 1. The Bertz CT molecular complexity index is 413. The maximum Gasteiger partial charge on any atom is 0.118 e. The maximum atomic E-state index is 5.76. The number of hydrogen-bond donors (Lipinski definition) is 1. The molecule has 1 aromatic heterocycles. The molecule has 2 fully saturated rings. The highest BCUT2D eigenvalue weighted by Crippen LogP contribution is 2.36. The van der Waals surface area contributed by atoms with Gasteiger partial charge in [-0.3, -0.25) is 4.90 Å². The largest absolute Gasteiger partial charge is 0.468 e. The fraction of sp³-hybridized carbons (Fsp3) is 0.765. The van der Waals surface area contributed by atoms with Gasteiger partial charge in [0.2, 0.25) is 0 Å². The van der Waals surface area contributed by atoms with Crippen LogP contribution < -0.4 is 5.32 Å². The van der Waals surface area contributed by atoms with Gasteiger partial charge >= 0.3 is 0 Å². The third-order valence-corrected chi connectivity index (χ3v) is 5.00. The van der Waals surface area contributed by atoms with Crippen molar-refractivity contribution in [3.63, 3.8) is 0 Å². The summed E-state index contributed by atoms with van der Waals surface area (Å²) in [5.41, 5.74) is 1.28. The molecule has 0 aromatic carbocycles. The van der Waals surface area contributed by atoms with E-state index in [1.165, 1.54) is 50.6 Å². The number of likely N-dealkylation sites (tertiary alicyclic amines) is 1. The molecule has 112 valence electrons. The van der Waals surface area contributed by atoms with Crippen molar-refractivity contribution < 1.29 is 4.42 Å². The molecule has 0 radical (unpaired) electrons. The second-order valence-corrected chi connectivity index (χ2v) is 6.43. The molecular formula is C17H28N2O. The Labute approximate surface area is 122 Å². The fourth-order valence-electron chi connectivity index (χ4n) is 4.00. The number of hydrogen-bond acceptors (Lipinski definition) is 3. The molecule has 3 heteroatoms. The quantitative estimate of drug-likeness (QED) is 0.891. The minimum atomic E-state index is 0.819. The second-order valence-electron chi connectivity index (χ2n) is 6.43. The maximum absolute atomic E-state index is 5.76. The Morgan fingerprint density at radius 2 is 2.10 bits per heavy atom. The van der Waals surface area contributed by atoms with Crippen molar-refractivity contribution in [2.24, 2.45) is 5.92 Å². The predicted octanol–water partition coefficient (Wildman–Crippen LogP) is 3.54. The molecule has 1 saturated heterocycles. The van der Waals surface area contributed by atoms with Gasteiger partial charge in [-0.05, 0) is 50.8 Å². The van der Waals surface area contributed by atoms with Crippen molar-refractivity contribution in [3.8, 4) is 0 Å². The zero-order chi connectivity index (χ0) is 13.8. The Morgan fingerprint density at radius 1 is 1.25 bits per heavy atom. The first-order chi connectivity index (χ1) is 9.86. The van der Waals surface area contributed by atoms with Crippen LogP contribution in [0.25, 0.3) is 0 Å². The van der Waals surface area contributed by atoms with E-state index in [0.717, 1.165) is 37.4 Å². The number of piperidine rings is 1. The molecule has 2 aliphatic rings. The van der Waals surface area contributed by atoms with Crippen molar-refractivity contribution in [2.45, 2.75) is 64.6 Å². The van der Waals surface area contributed by atoms with E-state index >= 15 is 0 Å². The Balaban J connectivity index is 1.59. The zero-order valence-corrected chi connectivity index (χ0v) is 12.7. The first-order valence-corrected chi connectivity index (χ1v) is 8.38. The number of furan rings is 1. The fourth-order valence-corrected chi connectivity index (χ4v) is 4.00. The lowest BCUT2D eigenvalue weighted by atomic mass is 9.78. The average Bonchev–Trinajstić information content (AvgIpc) is 2.93. The van der Waals surface area contributed by atoms with Crippen LogP contribution in [0.1, 0.15) is 56.8 Å². The van der Waals surface area contributed by atoms with Crippen LogP contribution in [-0.2, 0) is 13.1 Å². The summed E-state index contributed by atoms with van der Waals surface area (Å²) < 4.78 is 5.76. The minimum absolute atomic E-state index is 0.819. The summed E-state index contributed by atoms with van der Waals surface area (Å²) in [4.78, 5) is 2.68. The van der Waals surface area contributed by atoms with Gasteiger partial charge in [0.05, 0.1) is 12.8 Å². The van der Waals surface area contributed by atoms with Gasteiger partial charge < -0.3 is 9.73 Å². The van der Waals surface area contributed by atoms with Gasteiger partial charge in [0.1, 0.15) is 5.76 Å². The lowest BCUT2D eigenvalue weighted by Crippen LogP contribution is -2.46. The highest BCUT2D eigenvalue weighted by Gasteiger charge is 2.33. The molecule has 1 aliphatic carbocycles. The van der Waals surface area contributed by atoms with Crippen LogP contribution in [-0.4, -0.2) is 24.0 Å². The molecule has 0 amide bonds. The summed E-state index contributed by atoms with van der Waals surface area (Å²) >= 11 is 0. The van der Waals surface area contributed by atoms with E-state index in [1.54, 1.807) is 0 Å². The standard InChI is InChI=1S/C17H28N2O/c1-2-18-11-14-10-16(20-13-14)12-19-9-5-7-15-6-3-4-8-17(15)19/h10,13,15,17-18H,2-9,11-12H2,1H3/t15-,17-/m1/s1. The summed E-state index contributed by atoms with van der Waals surface area (Å²) in [7, 11) is 0. The van der Waals surface area contributed by atoms with Crippen molar-refractivity contribution >= 4 is 0 Å². The third kappa shape index (κ3) is 3.26. The molecule has 0 unspecified atom stereocenters. The first-order valence-electron chi connectivity index (χ1n) is 8.38. The zero-order valence-electron chi connectivity index (χ0n) is 12.7. The summed E-state index contributed by atoms with van der Waals surface area (Å²) in [6, 6.07) is 3.05. The molecule has 1 N–H and O–H groups in total. The summed E-state index contributed by atoms with van der Waals surface area (Å²) in [6.45, 7) is 6.33. The molecule has 2 atom stereocenters. The van der Waals surface area contributed by atoms with Gasteiger partial charge in [-0.2, -0.15) is 0 Å². The number of rotatable bonds is 5. The topological polar surface area (TPSA) is 28.4 Å². The average molecular weight is 276 g/mol. The predicted molar refractivity (Wildman–Crippen MR) is 81.5 cm³/mol.